The van der Waals surface area contributed by atoms with Gasteiger partial charge in [0.1, 0.15) is 36.9 Å². The number of amides is 1. The minimum atomic E-state index is 0.0436. The maximum absolute atomic E-state index is 12.7. The monoisotopic (exact) mass is 566 g/mol. The number of halogens is 1. The maximum Gasteiger partial charge on any atom is 0.237 e. The molecule has 2 N–H and O–H groups in total. The summed E-state index contributed by atoms with van der Waals surface area (Å²) in [4.78, 5) is 25.5. The summed E-state index contributed by atoms with van der Waals surface area (Å²) in [5.41, 5.74) is 1.55. The molecule has 2 aliphatic rings. The normalized spacial score (nSPS) is 21.1. The molecule has 0 saturated carbocycles. The van der Waals surface area contributed by atoms with Crippen molar-refractivity contribution in [3.8, 4) is 11.5 Å². The fraction of sp³-hybridized carbons (Fsp3) is 0.500. The second-order valence-corrected chi connectivity index (χ2v) is 11.5. The van der Waals surface area contributed by atoms with Gasteiger partial charge in [0.25, 0.3) is 0 Å². The van der Waals surface area contributed by atoms with Crippen LogP contribution in [0, 0.1) is 0 Å². The first kappa shape index (κ1) is 28.4. The molecular formula is C30H39ClN6O3. The number of nitrogens with one attached hydrogen (secondary N) is 2. The van der Waals surface area contributed by atoms with Crippen molar-refractivity contribution in [2.24, 2.45) is 0 Å². The van der Waals surface area contributed by atoms with E-state index in [1.807, 2.05) is 60.3 Å². The number of rotatable bonds is 10. The van der Waals surface area contributed by atoms with Crippen LogP contribution in [0.5, 0.6) is 11.5 Å². The predicted octanol–water partition coefficient (Wildman–Crippen LogP) is 4.87. The molecule has 0 aliphatic carbocycles. The second-order valence-electron chi connectivity index (χ2n) is 11.1. The van der Waals surface area contributed by atoms with Gasteiger partial charge in [-0.1, -0.05) is 24.1 Å². The molecule has 3 heterocycles. The number of fused-ring (bicyclic) bond motifs is 1. The standard InChI is InChI=1S/C30H39ClN6O3/c1-20-7-4-8-22(34-20)17-39-26-13-12-21(15-24(26)31)35-30-29-25(32-19-33-30)10-5-11-27(29)40-18-23-9-6-14-37(23)28(38)16-36(2)3/h5,10-13,15,19-20,22-23,34H,4,6-9,14,16-18H2,1-3H3,(H,32,33,35)/t20?,22?,23-/m0/s1. The highest BCUT2D eigenvalue weighted by atomic mass is 35.5. The molecular weight excluding hydrogens is 528 g/mol. The van der Waals surface area contributed by atoms with E-state index in [9.17, 15) is 4.79 Å². The zero-order chi connectivity index (χ0) is 28.1. The largest absolute Gasteiger partial charge is 0.491 e. The van der Waals surface area contributed by atoms with E-state index in [4.69, 9.17) is 21.1 Å². The van der Waals surface area contributed by atoms with E-state index < -0.39 is 0 Å². The van der Waals surface area contributed by atoms with Gasteiger partial charge in [-0.05, 0) is 77.0 Å². The molecule has 2 unspecified atom stereocenters. The average Bonchev–Trinajstić information content (AvgIpc) is 3.40. The number of likely N-dealkylation sites (tertiary alicyclic amines) is 1. The van der Waals surface area contributed by atoms with Gasteiger partial charge in [-0.3, -0.25) is 4.79 Å². The van der Waals surface area contributed by atoms with Gasteiger partial charge < -0.3 is 29.9 Å². The SMILES string of the molecule is CC1CCCC(COc2ccc(Nc3ncnc4cccc(OC[C@@H]5CCCN5C(=O)CN(C)C)c34)cc2Cl)N1. The number of benzene rings is 2. The van der Waals surface area contributed by atoms with Crippen molar-refractivity contribution in [2.75, 3.05) is 45.7 Å². The van der Waals surface area contributed by atoms with Crippen molar-refractivity contribution >= 4 is 39.9 Å². The lowest BCUT2D eigenvalue weighted by Crippen LogP contribution is -2.43. The Labute approximate surface area is 241 Å². The second kappa shape index (κ2) is 13.0. The van der Waals surface area contributed by atoms with Crippen molar-refractivity contribution in [3.05, 3.63) is 47.7 Å². The van der Waals surface area contributed by atoms with E-state index >= 15 is 0 Å². The number of hydrogen-bond acceptors (Lipinski definition) is 8. The van der Waals surface area contributed by atoms with Gasteiger partial charge in [-0.15, -0.1) is 0 Å². The highest BCUT2D eigenvalue weighted by Gasteiger charge is 2.29. The summed E-state index contributed by atoms with van der Waals surface area (Å²) in [5.74, 6) is 2.09. The van der Waals surface area contributed by atoms with Crippen LogP contribution in [0.2, 0.25) is 5.02 Å². The van der Waals surface area contributed by atoms with Gasteiger partial charge in [0.15, 0.2) is 0 Å². The first-order valence-corrected chi connectivity index (χ1v) is 14.5. The number of piperidine rings is 1. The van der Waals surface area contributed by atoms with Gasteiger partial charge in [-0.2, -0.15) is 0 Å². The summed E-state index contributed by atoms with van der Waals surface area (Å²) in [6.07, 6.45) is 6.97. The number of carbonyl (C=O) groups excluding carboxylic acids is 1. The Hall–Kier alpha value is -3.14. The topological polar surface area (TPSA) is 91.8 Å². The van der Waals surface area contributed by atoms with Crippen molar-refractivity contribution in [1.82, 2.24) is 25.1 Å². The predicted molar refractivity (Wildman–Crippen MR) is 159 cm³/mol. The molecule has 2 aliphatic heterocycles. The summed E-state index contributed by atoms with van der Waals surface area (Å²) in [5, 5.41) is 8.29. The van der Waals surface area contributed by atoms with Crippen LogP contribution >= 0.6 is 11.6 Å². The molecule has 9 nitrogen and oxygen atoms in total. The average molecular weight is 567 g/mol. The highest BCUT2D eigenvalue weighted by Crippen LogP contribution is 2.34. The summed E-state index contributed by atoms with van der Waals surface area (Å²) >= 11 is 6.61. The van der Waals surface area contributed by atoms with Crippen LogP contribution in [0.3, 0.4) is 0 Å². The third-order valence-electron chi connectivity index (χ3n) is 7.55. The molecule has 0 bridgehead atoms. The smallest absolute Gasteiger partial charge is 0.237 e. The molecule has 2 saturated heterocycles. The van der Waals surface area contributed by atoms with Crippen LogP contribution in [-0.2, 0) is 4.79 Å². The van der Waals surface area contributed by atoms with Crippen LogP contribution in [0.15, 0.2) is 42.7 Å². The quantitative estimate of drug-likeness (QED) is 0.359. The Morgan fingerprint density at radius 2 is 1.95 bits per heavy atom. The van der Waals surface area contributed by atoms with E-state index in [0.29, 0.717) is 54.2 Å². The molecule has 3 atom stereocenters. The lowest BCUT2D eigenvalue weighted by molar-refractivity contribution is -0.133. The van der Waals surface area contributed by atoms with Gasteiger partial charge in [-0.25, -0.2) is 9.97 Å². The number of aromatic nitrogens is 2. The van der Waals surface area contributed by atoms with Crippen LogP contribution in [0.1, 0.15) is 39.0 Å². The van der Waals surface area contributed by atoms with Crippen LogP contribution in [0.4, 0.5) is 11.5 Å². The molecule has 40 heavy (non-hydrogen) atoms. The molecule has 2 fully saturated rings. The first-order valence-electron chi connectivity index (χ1n) is 14.1. The fourth-order valence-corrected chi connectivity index (χ4v) is 5.81. The number of carbonyl (C=O) groups is 1. The Balaban J connectivity index is 1.28. The van der Waals surface area contributed by atoms with Gasteiger partial charge >= 0.3 is 0 Å². The zero-order valence-electron chi connectivity index (χ0n) is 23.5. The number of hydrogen-bond donors (Lipinski definition) is 2. The Morgan fingerprint density at radius 3 is 2.75 bits per heavy atom. The molecule has 1 aromatic heterocycles. The molecule has 0 spiro atoms. The van der Waals surface area contributed by atoms with Crippen LogP contribution in [-0.4, -0.2) is 84.2 Å². The summed E-state index contributed by atoms with van der Waals surface area (Å²) in [6.45, 7) is 4.38. The van der Waals surface area contributed by atoms with Gasteiger partial charge in [0.2, 0.25) is 5.91 Å². The van der Waals surface area contributed by atoms with Gasteiger partial charge in [0, 0.05) is 24.3 Å². The summed E-state index contributed by atoms with van der Waals surface area (Å²) in [7, 11) is 3.82. The maximum atomic E-state index is 12.7. The van der Waals surface area contributed by atoms with Gasteiger partial charge in [0.05, 0.1) is 28.5 Å². The lowest BCUT2D eigenvalue weighted by Gasteiger charge is -2.28. The van der Waals surface area contributed by atoms with E-state index in [1.165, 1.54) is 19.2 Å². The highest BCUT2D eigenvalue weighted by molar-refractivity contribution is 6.32. The number of ether oxygens (including phenoxy) is 2. The van der Waals surface area contributed by atoms with Crippen LogP contribution in [0.25, 0.3) is 10.9 Å². The molecule has 5 rings (SSSR count). The Morgan fingerprint density at radius 1 is 1.10 bits per heavy atom. The van der Waals surface area contributed by atoms with Crippen molar-refractivity contribution in [2.45, 2.75) is 57.2 Å². The molecule has 1 amide bonds. The van der Waals surface area contributed by atoms with E-state index in [-0.39, 0.29) is 11.9 Å². The number of nitrogens with zero attached hydrogens (tertiary/aromatic N) is 4. The first-order chi connectivity index (χ1) is 19.4. The van der Waals surface area contributed by atoms with Crippen molar-refractivity contribution in [3.63, 3.8) is 0 Å². The van der Waals surface area contributed by atoms with Crippen molar-refractivity contribution in [1.29, 1.82) is 0 Å². The zero-order valence-corrected chi connectivity index (χ0v) is 24.3. The molecule has 10 heteroatoms. The van der Waals surface area contributed by atoms with E-state index in [0.717, 1.165) is 42.4 Å². The van der Waals surface area contributed by atoms with E-state index in [1.54, 1.807) is 0 Å². The molecule has 214 valence electrons. The van der Waals surface area contributed by atoms with E-state index in [2.05, 4.69) is 27.5 Å². The molecule has 0 radical (unpaired) electrons. The number of anilines is 2. The third kappa shape index (κ3) is 6.95. The minimum Gasteiger partial charge on any atom is -0.491 e. The Bertz CT molecular complexity index is 1320. The Kier molecular flexibility index (Phi) is 9.24. The summed E-state index contributed by atoms with van der Waals surface area (Å²) < 4.78 is 12.4. The number of likely N-dealkylation sites (N-methyl/N-ethyl adjacent to an activating group) is 1. The minimum absolute atomic E-state index is 0.0436. The third-order valence-corrected chi connectivity index (χ3v) is 7.84. The van der Waals surface area contributed by atoms with Crippen molar-refractivity contribution < 1.29 is 14.3 Å². The fourth-order valence-electron chi connectivity index (χ4n) is 5.57. The molecule has 3 aromatic rings. The summed E-state index contributed by atoms with van der Waals surface area (Å²) in [6, 6.07) is 12.3. The van der Waals surface area contributed by atoms with Crippen LogP contribution < -0.4 is 20.1 Å². The lowest BCUT2D eigenvalue weighted by atomic mass is 10.0. The molecule has 2 aromatic carbocycles.